The van der Waals surface area contributed by atoms with E-state index in [1.54, 1.807) is 10.7 Å². The summed E-state index contributed by atoms with van der Waals surface area (Å²) >= 11 is 0. The molecule has 2 aromatic carbocycles. The van der Waals surface area contributed by atoms with Crippen LogP contribution in [-0.2, 0) is 11.3 Å². The van der Waals surface area contributed by atoms with Crippen LogP contribution < -0.4 is 5.32 Å². The summed E-state index contributed by atoms with van der Waals surface area (Å²) in [6.07, 6.45) is 0.782. The monoisotopic (exact) mass is 388 g/mol. The predicted molar refractivity (Wildman–Crippen MR) is 112 cm³/mol. The highest BCUT2D eigenvalue weighted by Gasteiger charge is 2.30. The molecule has 6 heteroatoms. The maximum absolute atomic E-state index is 12.8. The molecule has 0 radical (unpaired) electrons. The van der Waals surface area contributed by atoms with Gasteiger partial charge >= 0.3 is 0 Å². The van der Waals surface area contributed by atoms with Gasteiger partial charge in [0.15, 0.2) is 0 Å². The molecule has 1 aliphatic heterocycles. The minimum atomic E-state index is -0.184. The standard InChI is InChI=1S/C23H24N4O2/c1-16-13-21(27(25-16)19-11-7-4-8-12-19)23(28)24-15-20-17(2)22(29-26-20)14-18-9-5-3-6-10-18/h3-13,17,22H,14-15H2,1-2H3,(H,24,28). The molecule has 1 N–H and O–H groups in total. The number of hydrogen-bond donors (Lipinski definition) is 1. The summed E-state index contributed by atoms with van der Waals surface area (Å²) in [5.41, 5.74) is 4.20. The number of nitrogens with zero attached hydrogens (tertiary/aromatic N) is 3. The second-order valence-electron chi connectivity index (χ2n) is 7.31. The number of aromatic nitrogens is 2. The van der Waals surface area contributed by atoms with Crippen LogP contribution in [0.25, 0.3) is 5.69 Å². The first kappa shape index (κ1) is 18.9. The van der Waals surface area contributed by atoms with E-state index in [9.17, 15) is 4.79 Å². The van der Waals surface area contributed by atoms with Gasteiger partial charge in [-0.05, 0) is 30.7 Å². The van der Waals surface area contributed by atoms with Crippen molar-refractivity contribution in [2.24, 2.45) is 11.1 Å². The maximum atomic E-state index is 12.8. The van der Waals surface area contributed by atoms with Crippen molar-refractivity contribution in [1.82, 2.24) is 15.1 Å². The summed E-state index contributed by atoms with van der Waals surface area (Å²) < 4.78 is 1.67. The molecule has 0 aliphatic carbocycles. The maximum Gasteiger partial charge on any atom is 0.270 e. The molecule has 148 valence electrons. The smallest absolute Gasteiger partial charge is 0.270 e. The van der Waals surface area contributed by atoms with Gasteiger partial charge in [0.1, 0.15) is 11.8 Å². The van der Waals surface area contributed by atoms with Gasteiger partial charge in [-0.3, -0.25) is 4.79 Å². The highest BCUT2D eigenvalue weighted by atomic mass is 16.6. The number of nitrogens with one attached hydrogen (secondary N) is 1. The van der Waals surface area contributed by atoms with Gasteiger partial charge in [-0.15, -0.1) is 0 Å². The summed E-state index contributed by atoms with van der Waals surface area (Å²) in [5.74, 6) is -0.0489. The Kier molecular flexibility index (Phi) is 5.42. The van der Waals surface area contributed by atoms with Crippen LogP contribution in [-0.4, -0.2) is 34.0 Å². The summed E-state index contributed by atoms with van der Waals surface area (Å²) in [6, 6.07) is 21.6. The van der Waals surface area contributed by atoms with Crippen LogP contribution in [0.3, 0.4) is 0 Å². The lowest BCUT2D eigenvalue weighted by Gasteiger charge is -2.15. The number of carbonyl (C=O) groups excluding carboxylic acids is 1. The number of rotatable bonds is 6. The third kappa shape index (κ3) is 4.21. The van der Waals surface area contributed by atoms with Crippen LogP contribution in [0.15, 0.2) is 71.9 Å². The predicted octanol–water partition coefficient (Wildman–Crippen LogP) is 3.54. The number of para-hydroxylation sites is 1. The van der Waals surface area contributed by atoms with Gasteiger partial charge in [-0.25, -0.2) is 4.68 Å². The Labute approximate surface area is 170 Å². The Balaban J connectivity index is 1.39. The van der Waals surface area contributed by atoms with Gasteiger partial charge in [0, 0.05) is 12.3 Å². The largest absolute Gasteiger partial charge is 0.391 e. The molecule has 0 bridgehead atoms. The number of amides is 1. The minimum Gasteiger partial charge on any atom is -0.391 e. The quantitative estimate of drug-likeness (QED) is 0.702. The van der Waals surface area contributed by atoms with Crippen LogP contribution in [0.2, 0.25) is 0 Å². The molecule has 2 unspecified atom stereocenters. The molecule has 0 fully saturated rings. The van der Waals surface area contributed by atoms with Crippen LogP contribution in [0.5, 0.6) is 0 Å². The Bertz CT molecular complexity index is 1010. The number of aryl methyl sites for hydroxylation is 1. The molecular formula is C23H24N4O2. The topological polar surface area (TPSA) is 68.5 Å². The lowest BCUT2D eigenvalue weighted by atomic mass is 9.94. The van der Waals surface area contributed by atoms with E-state index in [-0.39, 0.29) is 17.9 Å². The molecule has 1 aromatic heterocycles. The van der Waals surface area contributed by atoms with Crippen molar-refractivity contribution in [1.29, 1.82) is 0 Å². The van der Waals surface area contributed by atoms with E-state index in [4.69, 9.17) is 4.84 Å². The van der Waals surface area contributed by atoms with E-state index in [0.29, 0.717) is 12.2 Å². The third-order valence-corrected chi connectivity index (χ3v) is 5.16. The highest BCUT2D eigenvalue weighted by Crippen LogP contribution is 2.22. The molecule has 6 nitrogen and oxygen atoms in total. The second-order valence-corrected chi connectivity index (χ2v) is 7.31. The van der Waals surface area contributed by atoms with E-state index in [1.807, 2.05) is 55.5 Å². The molecule has 2 atom stereocenters. The zero-order valence-corrected chi connectivity index (χ0v) is 16.6. The number of oxime groups is 1. The van der Waals surface area contributed by atoms with Crippen LogP contribution in [0.4, 0.5) is 0 Å². The first-order chi connectivity index (χ1) is 14.1. The average molecular weight is 388 g/mol. The zero-order valence-electron chi connectivity index (χ0n) is 16.6. The van der Waals surface area contributed by atoms with E-state index in [2.05, 4.69) is 34.6 Å². The summed E-state index contributed by atoms with van der Waals surface area (Å²) in [4.78, 5) is 18.5. The molecule has 0 saturated carbocycles. The third-order valence-electron chi connectivity index (χ3n) is 5.16. The Hall–Kier alpha value is -3.41. The molecule has 1 aliphatic rings. The second kappa shape index (κ2) is 8.31. The van der Waals surface area contributed by atoms with Gasteiger partial charge in [0.05, 0.1) is 23.6 Å². The molecule has 0 spiro atoms. The molecular weight excluding hydrogens is 364 g/mol. The van der Waals surface area contributed by atoms with Crippen molar-refractivity contribution in [3.63, 3.8) is 0 Å². The molecule has 3 aromatic rings. The SMILES string of the molecule is Cc1cc(C(=O)NCC2=NOC(Cc3ccccc3)C2C)n(-c2ccccc2)n1. The van der Waals surface area contributed by atoms with E-state index < -0.39 is 0 Å². The molecule has 2 heterocycles. The Morgan fingerprint density at radius 3 is 2.52 bits per heavy atom. The average Bonchev–Trinajstić information content (AvgIpc) is 3.31. The van der Waals surface area contributed by atoms with Gasteiger partial charge in [-0.2, -0.15) is 5.10 Å². The zero-order chi connectivity index (χ0) is 20.2. The molecule has 0 saturated heterocycles. The fourth-order valence-corrected chi connectivity index (χ4v) is 3.47. The lowest BCUT2D eigenvalue weighted by Crippen LogP contribution is -2.34. The van der Waals surface area contributed by atoms with E-state index in [0.717, 1.165) is 23.5 Å². The summed E-state index contributed by atoms with van der Waals surface area (Å²) in [6.45, 7) is 4.32. The Morgan fingerprint density at radius 2 is 1.79 bits per heavy atom. The Morgan fingerprint density at radius 1 is 1.10 bits per heavy atom. The fourth-order valence-electron chi connectivity index (χ4n) is 3.47. The van der Waals surface area contributed by atoms with Crippen LogP contribution >= 0.6 is 0 Å². The van der Waals surface area contributed by atoms with Crippen molar-refractivity contribution in [2.45, 2.75) is 26.4 Å². The number of benzene rings is 2. The van der Waals surface area contributed by atoms with E-state index in [1.165, 1.54) is 5.56 Å². The van der Waals surface area contributed by atoms with Crippen LogP contribution in [0.1, 0.15) is 28.7 Å². The normalized spacial score (nSPS) is 18.2. The first-order valence-electron chi connectivity index (χ1n) is 9.78. The van der Waals surface area contributed by atoms with Crippen molar-refractivity contribution in [3.8, 4) is 5.69 Å². The van der Waals surface area contributed by atoms with Crippen molar-refractivity contribution >= 4 is 11.6 Å². The van der Waals surface area contributed by atoms with Gasteiger partial charge in [0.2, 0.25) is 0 Å². The number of hydrogen-bond acceptors (Lipinski definition) is 4. The summed E-state index contributed by atoms with van der Waals surface area (Å²) in [5, 5.41) is 11.7. The van der Waals surface area contributed by atoms with Gasteiger partial charge in [0.25, 0.3) is 5.91 Å². The van der Waals surface area contributed by atoms with Crippen molar-refractivity contribution in [3.05, 3.63) is 83.7 Å². The molecule has 1 amide bonds. The highest BCUT2D eigenvalue weighted by molar-refractivity contribution is 5.98. The van der Waals surface area contributed by atoms with Gasteiger partial charge in [-0.1, -0.05) is 60.6 Å². The minimum absolute atomic E-state index is 0.0126. The van der Waals surface area contributed by atoms with Crippen molar-refractivity contribution < 1.29 is 9.63 Å². The van der Waals surface area contributed by atoms with Crippen LogP contribution in [0, 0.1) is 12.8 Å². The van der Waals surface area contributed by atoms with Crippen molar-refractivity contribution in [2.75, 3.05) is 6.54 Å². The fraction of sp³-hybridized carbons (Fsp3) is 0.261. The first-order valence-corrected chi connectivity index (χ1v) is 9.78. The van der Waals surface area contributed by atoms with E-state index >= 15 is 0 Å². The number of carbonyl (C=O) groups is 1. The van der Waals surface area contributed by atoms with Gasteiger partial charge < -0.3 is 10.2 Å². The molecule has 29 heavy (non-hydrogen) atoms. The summed E-state index contributed by atoms with van der Waals surface area (Å²) in [7, 11) is 0. The molecule has 4 rings (SSSR count). The lowest BCUT2D eigenvalue weighted by molar-refractivity contribution is 0.0660.